The van der Waals surface area contributed by atoms with Gasteiger partial charge in [0, 0.05) is 15.5 Å². The molecule has 2 N–H and O–H groups in total. The van der Waals surface area contributed by atoms with Crippen molar-refractivity contribution in [3.63, 3.8) is 0 Å². The van der Waals surface area contributed by atoms with Crippen LogP contribution >= 0.6 is 0 Å². The van der Waals surface area contributed by atoms with E-state index in [0.717, 1.165) is 11.5 Å². The van der Waals surface area contributed by atoms with Crippen LogP contribution in [0.15, 0.2) is 16.5 Å². The third-order valence-electron chi connectivity index (χ3n) is 1.87. The maximum atomic E-state index is 11.8. The van der Waals surface area contributed by atoms with Crippen LogP contribution in [0.1, 0.15) is 32.3 Å². The summed E-state index contributed by atoms with van der Waals surface area (Å²) in [4.78, 5) is 0. The molecular formula is C10H17NO2S. The quantitative estimate of drug-likeness (QED) is 0.836. The normalized spacial score (nSPS) is 14.3. The van der Waals surface area contributed by atoms with E-state index in [0.29, 0.717) is 12.3 Å². The highest BCUT2D eigenvalue weighted by atomic mass is 32.2. The molecule has 0 radical (unpaired) electrons. The van der Waals surface area contributed by atoms with Crippen molar-refractivity contribution in [1.82, 2.24) is 0 Å². The summed E-state index contributed by atoms with van der Waals surface area (Å²) in [5.74, 6) is 1.95. The highest BCUT2D eigenvalue weighted by molar-refractivity contribution is 7.85. The molecule has 0 saturated carbocycles. The molecular weight excluding hydrogens is 198 g/mol. The summed E-state index contributed by atoms with van der Waals surface area (Å²) in [7, 11) is -0.912. The molecule has 0 bridgehead atoms. The van der Waals surface area contributed by atoms with Gasteiger partial charge in [0.25, 0.3) is 0 Å². The van der Waals surface area contributed by atoms with Crippen LogP contribution in [0, 0.1) is 0 Å². The molecule has 1 aromatic rings. The average molecular weight is 215 g/mol. The lowest BCUT2D eigenvalue weighted by molar-refractivity contribution is 0.480. The minimum atomic E-state index is -0.912. The Balaban J connectivity index is 2.65. The van der Waals surface area contributed by atoms with Gasteiger partial charge >= 0.3 is 0 Å². The molecule has 0 aliphatic carbocycles. The molecule has 0 aromatic carbocycles. The van der Waals surface area contributed by atoms with E-state index in [-0.39, 0.29) is 4.75 Å². The maximum absolute atomic E-state index is 11.8. The summed E-state index contributed by atoms with van der Waals surface area (Å²) in [5.41, 5.74) is 5.41. The van der Waals surface area contributed by atoms with Gasteiger partial charge in [0.2, 0.25) is 0 Å². The van der Waals surface area contributed by atoms with Crippen LogP contribution in [0.25, 0.3) is 0 Å². The smallest absolute Gasteiger partial charge is 0.117 e. The molecule has 80 valence electrons. The van der Waals surface area contributed by atoms with Crippen molar-refractivity contribution in [2.45, 2.75) is 37.8 Å². The standard InChI is InChI=1S/C10H17NO2S/c1-10(2,3)14(12)7-9-5-4-8(6-11)13-9/h4-5H,6-7,11H2,1-3H3. The zero-order valence-corrected chi connectivity index (χ0v) is 9.69. The molecule has 1 atom stereocenters. The maximum Gasteiger partial charge on any atom is 0.117 e. The predicted octanol–water partition coefficient (Wildman–Crippen LogP) is 1.79. The lowest BCUT2D eigenvalue weighted by Crippen LogP contribution is -2.22. The van der Waals surface area contributed by atoms with Gasteiger partial charge in [0.05, 0.1) is 12.3 Å². The number of hydrogen-bond donors (Lipinski definition) is 1. The Bertz CT molecular complexity index is 325. The van der Waals surface area contributed by atoms with Gasteiger partial charge in [-0.15, -0.1) is 0 Å². The lowest BCUT2D eigenvalue weighted by atomic mass is 10.3. The number of rotatable bonds is 3. The fourth-order valence-corrected chi connectivity index (χ4v) is 1.80. The van der Waals surface area contributed by atoms with E-state index < -0.39 is 10.8 Å². The Morgan fingerprint density at radius 1 is 1.36 bits per heavy atom. The van der Waals surface area contributed by atoms with Gasteiger partial charge in [0.1, 0.15) is 11.5 Å². The van der Waals surface area contributed by atoms with Gasteiger partial charge in [0.15, 0.2) is 0 Å². The van der Waals surface area contributed by atoms with E-state index in [9.17, 15) is 4.21 Å². The molecule has 1 aromatic heterocycles. The van der Waals surface area contributed by atoms with Crippen molar-refractivity contribution in [1.29, 1.82) is 0 Å². The molecule has 3 nitrogen and oxygen atoms in total. The van der Waals surface area contributed by atoms with Crippen LogP contribution in [-0.2, 0) is 23.1 Å². The second-order valence-electron chi connectivity index (χ2n) is 4.17. The molecule has 0 amide bonds. The van der Waals surface area contributed by atoms with Gasteiger partial charge in [-0.05, 0) is 32.9 Å². The van der Waals surface area contributed by atoms with Crippen LogP contribution in [-0.4, -0.2) is 8.96 Å². The summed E-state index contributed by atoms with van der Waals surface area (Å²) >= 11 is 0. The van der Waals surface area contributed by atoms with Crippen LogP contribution in [0.5, 0.6) is 0 Å². The van der Waals surface area contributed by atoms with Crippen molar-refractivity contribution in [2.24, 2.45) is 5.73 Å². The van der Waals surface area contributed by atoms with Crippen molar-refractivity contribution in [3.8, 4) is 0 Å². The summed E-state index contributed by atoms with van der Waals surface area (Å²) in [6.07, 6.45) is 0. The highest BCUT2D eigenvalue weighted by Gasteiger charge is 2.20. The number of hydrogen-bond acceptors (Lipinski definition) is 3. The van der Waals surface area contributed by atoms with Crippen LogP contribution in [0.2, 0.25) is 0 Å². The average Bonchev–Trinajstić information content (AvgIpc) is 2.50. The third kappa shape index (κ3) is 2.96. The summed E-state index contributed by atoms with van der Waals surface area (Å²) in [6.45, 7) is 6.25. The molecule has 4 heteroatoms. The highest BCUT2D eigenvalue weighted by Crippen LogP contribution is 2.17. The van der Waals surface area contributed by atoms with Crippen LogP contribution in [0.4, 0.5) is 0 Å². The molecule has 0 spiro atoms. The van der Waals surface area contributed by atoms with E-state index in [1.807, 2.05) is 32.9 Å². The monoisotopic (exact) mass is 215 g/mol. The fraction of sp³-hybridized carbons (Fsp3) is 0.600. The molecule has 14 heavy (non-hydrogen) atoms. The minimum Gasteiger partial charge on any atom is -0.464 e. The second kappa shape index (κ2) is 4.28. The molecule has 1 unspecified atom stereocenters. The Morgan fingerprint density at radius 2 is 1.93 bits per heavy atom. The predicted molar refractivity (Wildman–Crippen MR) is 58.2 cm³/mol. The van der Waals surface area contributed by atoms with Gasteiger partial charge in [-0.25, -0.2) is 0 Å². The van der Waals surface area contributed by atoms with Gasteiger partial charge < -0.3 is 10.2 Å². The Labute approximate surface area is 87.1 Å². The Kier molecular flexibility index (Phi) is 3.50. The van der Waals surface area contributed by atoms with Crippen LogP contribution in [0.3, 0.4) is 0 Å². The topological polar surface area (TPSA) is 56.2 Å². The molecule has 0 fully saturated rings. The zero-order chi connectivity index (χ0) is 10.8. The van der Waals surface area contributed by atoms with E-state index in [1.165, 1.54) is 0 Å². The van der Waals surface area contributed by atoms with Crippen molar-refractivity contribution < 1.29 is 8.63 Å². The number of furan rings is 1. The Morgan fingerprint density at radius 3 is 2.36 bits per heavy atom. The number of nitrogens with two attached hydrogens (primary N) is 1. The van der Waals surface area contributed by atoms with Crippen molar-refractivity contribution >= 4 is 10.8 Å². The largest absolute Gasteiger partial charge is 0.464 e. The molecule has 0 aliphatic heterocycles. The van der Waals surface area contributed by atoms with E-state index >= 15 is 0 Å². The zero-order valence-electron chi connectivity index (χ0n) is 8.87. The van der Waals surface area contributed by atoms with Gasteiger partial charge in [-0.1, -0.05) is 0 Å². The molecule has 0 saturated heterocycles. The summed E-state index contributed by atoms with van der Waals surface area (Å²) in [5, 5.41) is 0. The fourth-order valence-electron chi connectivity index (χ4n) is 0.955. The molecule has 0 aliphatic rings. The van der Waals surface area contributed by atoms with Crippen molar-refractivity contribution in [2.75, 3.05) is 0 Å². The van der Waals surface area contributed by atoms with Gasteiger partial charge in [-0.3, -0.25) is 4.21 Å². The third-order valence-corrected chi connectivity index (χ3v) is 3.79. The first-order valence-corrected chi connectivity index (χ1v) is 5.91. The second-order valence-corrected chi connectivity index (χ2v) is 6.38. The molecule has 1 rings (SSSR count). The summed E-state index contributed by atoms with van der Waals surface area (Å²) < 4.78 is 16.9. The van der Waals surface area contributed by atoms with E-state index in [1.54, 1.807) is 0 Å². The SMILES string of the molecule is CC(C)(C)S(=O)Cc1ccc(CN)o1. The molecule has 1 heterocycles. The Hall–Kier alpha value is -0.610. The minimum absolute atomic E-state index is 0.199. The van der Waals surface area contributed by atoms with Crippen LogP contribution < -0.4 is 5.73 Å². The van der Waals surface area contributed by atoms with E-state index in [4.69, 9.17) is 10.2 Å². The lowest BCUT2D eigenvalue weighted by Gasteiger charge is -2.16. The first kappa shape index (κ1) is 11.5. The summed E-state index contributed by atoms with van der Waals surface area (Å²) in [6, 6.07) is 3.67. The van der Waals surface area contributed by atoms with E-state index in [2.05, 4.69) is 0 Å². The first-order chi connectivity index (χ1) is 6.43. The van der Waals surface area contributed by atoms with Gasteiger partial charge in [-0.2, -0.15) is 0 Å². The first-order valence-electron chi connectivity index (χ1n) is 4.59. The van der Waals surface area contributed by atoms with Crippen molar-refractivity contribution in [3.05, 3.63) is 23.7 Å².